The highest BCUT2D eigenvalue weighted by Crippen LogP contribution is 2.43. The summed E-state index contributed by atoms with van der Waals surface area (Å²) in [5, 5.41) is 41.7. The number of aryl methyl sites for hydroxylation is 1. The second-order valence-corrected chi connectivity index (χ2v) is 14.9. The first-order valence-electron chi connectivity index (χ1n) is 20.3. The average molecular weight is 862 g/mol. The molecular formula is C49H44ClN7O6. The standard InChI is InChI=1S/C41H37ClN6O.C8H7NO5/c1-2-3-23-38-43-39(42)37(29-49)47(38)28-30-24-26-31(27-25-30)35-21-13-14-22-36(35)40-44-45-46-48(40)41(32-15-7-4-8-16-32,33-17-9-5-10-18-33)34-19-11-6-12-20-34;10-8(11)7-3-1-6(2-4-7)5-14-9(12)13/h4-22,24-27,49H,2-3,23,28-29H2,1H3;1-4H,5H2,(H,10,11). The third-order valence-electron chi connectivity index (χ3n) is 10.7. The maximum absolute atomic E-state index is 10.4. The van der Waals surface area contributed by atoms with Gasteiger partial charge in [-0.3, -0.25) is 0 Å². The summed E-state index contributed by atoms with van der Waals surface area (Å²) in [6, 6.07) is 53.7. The summed E-state index contributed by atoms with van der Waals surface area (Å²) >= 11 is 6.42. The van der Waals surface area contributed by atoms with Gasteiger partial charge in [0.25, 0.3) is 5.09 Å². The van der Waals surface area contributed by atoms with Crippen molar-refractivity contribution in [2.45, 2.75) is 51.5 Å². The maximum atomic E-state index is 10.4. The molecule has 2 N–H and O–H groups in total. The van der Waals surface area contributed by atoms with E-state index in [-0.39, 0.29) is 18.8 Å². The normalized spacial score (nSPS) is 11.1. The van der Waals surface area contributed by atoms with Crippen LogP contribution in [0.4, 0.5) is 0 Å². The van der Waals surface area contributed by atoms with Crippen molar-refractivity contribution in [3.05, 3.63) is 224 Å². The number of imidazole rings is 1. The maximum Gasteiger partial charge on any atom is 0.335 e. The Hall–Kier alpha value is -7.48. The lowest BCUT2D eigenvalue weighted by atomic mass is 9.77. The van der Waals surface area contributed by atoms with Crippen LogP contribution in [0.2, 0.25) is 5.15 Å². The minimum absolute atomic E-state index is 0.134. The van der Waals surface area contributed by atoms with Gasteiger partial charge in [0.15, 0.2) is 11.0 Å². The molecule has 8 rings (SSSR count). The monoisotopic (exact) mass is 861 g/mol. The number of carboxylic acid groups (broad SMARTS) is 1. The first-order valence-corrected chi connectivity index (χ1v) is 20.7. The van der Waals surface area contributed by atoms with E-state index in [9.17, 15) is 20.0 Å². The van der Waals surface area contributed by atoms with E-state index in [1.165, 1.54) is 24.3 Å². The van der Waals surface area contributed by atoms with Crippen molar-refractivity contribution in [3.8, 4) is 22.5 Å². The van der Waals surface area contributed by atoms with Crippen molar-refractivity contribution in [2.24, 2.45) is 0 Å². The molecule has 2 heterocycles. The van der Waals surface area contributed by atoms with Crippen molar-refractivity contribution in [2.75, 3.05) is 0 Å². The Labute approximate surface area is 369 Å². The number of tetrazole rings is 1. The van der Waals surface area contributed by atoms with Crippen LogP contribution in [0.3, 0.4) is 0 Å². The Morgan fingerprint density at radius 2 is 1.30 bits per heavy atom. The summed E-state index contributed by atoms with van der Waals surface area (Å²) < 4.78 is 4.02. The topological polar surface area (TPSA) is 171 Å². The summed E-state index contributed by atoms with van der Waals surface area (Å²) in [5.41, 5.74) is 7.66. The highest BCUT2D eigenvalue weighted by atomic mass is 35.5. The van der Waals surface area contributed by atoms with Gasteiger partial charge in [-0.25, -0.2) is 14.5 Å². The van der Waals surface area contributed by atoms with Crippen LogP contribution in [-0.2, 0) is 36.6 Å². The Balaban J connectivity index is 0.000000363. The molecule has 0 radical (unpaired) electrons. The molecular weight excluding hydrogens is 818 g/mol. The van der Waals surface area contributed by atoms with Gasteiger partial charge in [0.2, 0.25) is 0 Å². The minimum atomic E-state index is -1.04. The molecule has 2 aromatic heterocycles. The average Bonchev–Trinajstić information content (AvgIpc) is 3.93. The molecule has 8 aromatic rings. The van der Waals surface area contributed by atoms with Gasteiger partial charge in [-0.05, 0) is 67.9 Å². The number of rotatable bonds is 16. The van der Waals surface area contributed by atoms with Gasteiger partial charge in [0, 0.05) is 18.5 Å². The van der Waals surface area contributed by atoms with Crippen LogP contribution in [0.25, 0.3) is 22.5 Å². The lowest BCUT2D eigenvalue weighted by Crippen LogP contribution is -2.39. The second kappa shape index (κ2) is 20.4. The Bertz CT molecular complexity index is 2650. The minimum Gasteiger partial charge on any atom is -0.478 e. The summed E-state index contributed by atoms with van der Waals surface area (Å²) in [7, 11) is 0. The summed E-state index contributed by atoms with van der Waals surface area (Å²) in [4.78, 5) is 28.9. The van der Waals surface area contributed by atoms with Crippen molar-refractivity contribution in [1.29, 1.82) is 0 Å². The SMILES string of the molecule is CCCCc1nc(Cl)c(CO)n1Cc1ccc(-c2ccccc2-c2nnnn2C(c2ccccc2)(c2ccccc2)c2ccccc2)cc1.O=C(O)c1ccc(CO[N+](=O)[O-])cc1. The Morgan fingerprint density at radius 1 is 0.762 bits per heavy atom. The fraction of sp³-hybridized carbons (Fsp3) is 0.163. The number of carboxylic acids is 1. The highest BCUT2D eigenvalue weighted by Gasteiger charge is 2.42. The number of hydrogen-bond donors (Lipinski definition) is 2. The zero-order valence-electron chi connectivity index (χ0n) is 34.4. The third kappa shape index (κ3) is 9.70. The lowest BCUT2D eigenvalue weighted by Gasteiger charge is -2.36. The number of carbonyl (C=O) groups is 1. The molecule has 63 heavy (non-hydrogen) atoms. The molecule has 0 atom stereocenters. The molecule has 6 aromatic carbocycles. The van der Waals surface area contributed by atoms with E-state index in [1.807, 2.05) is 39.6 Å². The first kappa shape index (κ1) is 43.6. The van der Waals surface area contributed by atoms with Crippen LogP contribution in [-0.4, -0.2) is 51.0 Å². The molecule has 14 heteroatoms. The van der Waals surface area contributed by atoms with Crippen molar-refractivity contribution < 1.29 is 24.9 Å². The quantitative estimate of drug-likeness (QED) is 0.0541. The largest absolute Gasteiger partial charge is 0.478 e. The van der Waals surface area contributed by atoms with Crippen molar-refractivity contribution in [1.82, 2.24) is 29.8 Å². The van der Waals surface area contributed by atoms with E-state index in [2.05, 4.69) is 131 Å². The number of hydrogen-bond acceptors (Lipinski definition) is 9. The summed E-state index contributed by atoms with van der Waals surface area (Å²) in [6.07, 6.45) is 2.87. The fourth-order valence-corrected chi connectivity index (χ4v) is 7.89. The smallest absolute Gasteiger partial charge is 0.335 e. The molecule has 318 valence electrons. The van der Waals surface area contributed by atoms with Crippen LogP contribution in [0.1, 0.15) is 69.5 Å². The van der Waals surface area contributed by atoms with Gasteiger partial charge >= 0.3 is 5.97 Å². The zero-order chi connectivity index (χ0) is 44.2. The van der Waals surface area contributed by atoms with Crippen molar-refractivity contribution in [3.63, 3.8) is 0 Å². The molecule has 0 amide bonds. The predicted octanol–water partition coefficient (Wildman–Crippen LogP) is 9.67. The number of aromatic nitrogens is 6. The Morgan fingerprint density at radius 3 is 1.83 bits per heavy atom. The van der Waals surface area contributed by atoms with Gasteiger partial charge in [-0.2, -0.15) is 0 Å². The number of aliphatic hydroxyl groups excluding tert-OH is 1. The molecule has 0 aliphatic heterocycles. The fourth-order valence-electron chi connectivity index (χ4n) is 7.63. The molecule has 0 fully saturated rings. The molecule has 0 aliphatic rings. The molecule has 0 saturated heterocycles. The third-order valence-corrected chi connectivity index (χ3v) is 11.0. The number of aliphatic hydroxyl groups is 1. The van der Waals surface area contributed by atoms with Crippen molar-refractivity contribution >= 4 is 17.6 Å². The molecule has 0 saturated carbocycles. The zero-order valence-corrected chi connectivity index (χ0v) is 35.1. The highest BCUT2D eigenvalue weighted by molar-refractivity contribution is 6.30. The Kier molecular flexibility index (Phi) is 14.1. The van der Waals surface area contributed by atoms with Crippen LogP contribution in [0.15, 0.2) is 164 Å². The van der Waals surface area contributed by atoms with Crippen LogP contribution in [0, 0.1) is 10.1 Å². The number of aromatic carboxylic acids is 1. The molecule has 0 unspecified atom stereocenters. The van der Waals surface area contributed by atoms with Crippen LogP contribution < -0.4 is 0 Å². The second-order valence-electron chi connectivity index (χ2n) is 14.6. The molecule has 0 aliphatic carbocycles. The van der Waals surface area contributed by atoms with E-state index < -0.39 is 16.6 Å². The molecule has 13 nitrogen and oxygen atoms in total. The van der Waals surface area contributed by atoms with E-state index >= 15 is 0 Å². The van der Waals surface area contributed by atoms with E-state index in [1.54, 1.807) is 0 Å². The predicted molar refractivity (Wildman–Crippen MR) is 239 cm³/mol. The van der Waals surface area contributed by atoms with Gasteiger partial charge in [-0.1, -0.05) is 177 Å². The van der Waals surface area contributed by atoms with Crippen LogP contribution >= 0.6 is 11.6 Å². The van der Waals surface area contributed by atoms with E-state index in [4.69, 9.17) is 27.0 Å². The van der Waals surface area contributed by atoms with Gasteiger partial charge < -0.3 is 19.6 Å². The number of nitrogens with zero attached hydrogens (tertiary/aromatic N) is 7. The summed E-state index contributed by atoms with van der Waals surface area (Å²) in [5.74, 6) is 0.514. The van der Waals surface area contributed by atoms with E-state index in [0.29, 0.717) is 28.8 Å². The van der Waals surface area contributed by atoms with Gasteiger partial charge in [-0.15, -0.1) is 15.2 Å². The van der Waals surface area contributed by atoms with Crippen LogP contribution in [0.5, 0.6) is 0 Å². The van der Waals surface area contributed by atoms with E-state index in [0.717, 1.165) is 64.0 Å². The molecule has 0 bridgehead atoms. The van der Waals surface area contributed by atoms with Gasteiger partial charge in [0.05, 0.1) is 17.9 Å². The van der Waals surface area contributed by atoms with Gasteiger partial charge in [0.1, 0.15) is 18.0 Å². The number of benzene rings is 6. The number of unbranched alkanes of at least 4 members (excludes halogenated alkanes) is 1. The summed E-state index contributed by atoms with van der Waals surface area (Å²) in [6.45, 7) is 2.39. The lowest BCUT2D eigenvalue weighted by molar-refractivity contribution is -0.763. The molecule has 0 spiro atoms. The first-order chi connectivity index (χ1) is 30.7. The number of halogens is 1.